The van der Waals surface area contributed by atoms with E-state index < -0.39 is 0 Å². The summed E-state index contributed by atoms with van der Waals surface area (Å²) < 4.78 is 5.48. The number of methoxy groups -OCH3 is 1. The maximum Gasteiger partial charge on any atom is 0.0589 e. The van der Waals surface area contributed by atoms with E-state index in [-0.39, 0.29) is 12.1 Å². The van der Waals surface area contributed by atoms with Gasteiger partial charge in [-0.05, 0) is 38.5 Å². The van der Waals surface area contributed by atoms with Crippen LogP contribution >= 0.6 is 0 Å². The van der Waals surface area contributed by atoms with Gasteiger partial charge in [0.25, 0.3) is 0 Å². The number of ether oxygens (including phenoxy) is 1. The van der Waals surface area contributed by atoms with Crippen molar-refractivity contribution in [3.05, 3.63) is 0 Å². The summed E-state index contributed by atoms with van der Waals surface area (Å²) in [7, 11) is 1.78. The van der Waals surface area contributed by atoms with Crippen LogP contribution in [0.3, 0.4) is 0 Å². The predicted molar refractivity (Wildman–Crippen MR) is 70.0 cm³/mol. The Morgan fingerprint density at radius 3 is 2.88 bits per heavy atom. The van der Waals surface area contributed by atoms with E-state index in [1.165, 1.54) is 0 Å². The molecule has 17 heavy (non-hydrogen) atoms. The Morgan fingerprint density at radius 1 is 1.59 bits per heavy atom. The molecule has 0 aromatic rings. The van der Waals surface area contributed by atoms with Gasteiger partial charge in [-0.2, -0.15) is 0 Å². The summed E-state index contributed by atoms with van der Waals surface area (Å²) in [6.45, 7) is 3.03. The van der Waals surface area contributed by atoms with Crippen LogP contribution in [0.25, 0.3) is 0 Å². The number of nitrogens with one attached hydrogen (secondary N) is 1. The molecule has 0 aliphatic heterocycles. The van der Waals surface area contributed by atoms with Crippen LogP contribution in [-0.2, 0) is 4.74 Å². The first-order valence-corrected chi connectivity index (χ1v) is 6.81. The van der Waals surface area contributed by atoms with Crippen LogP contribution in [-0.4, -0.2) is 43.1 Å². The summed E-state index contributed by atoms with van der Waals surface area (Å²) in [4.78, 5) is 0. The lowest BCUT2D eigenvalue weighted by Crippen LogP contribution is -2.58. The molecule has 0 bridgehead atoms. The number of aliphatic hydroxyl groups is 1. The van der Waals surface area contributed by atoms with Crippen LogP contribution in [0.4, 0.5) is 0 Å². The zero-order valence-electron chi connectivity index (χ0n) is 11.2. The summed E-state index contributed by atoms with van der Waals surface area (Å²) in [5.74, 6) is 0. The van der Waals surface area contributed by atoms with Crippen LogP contribution in [0.5, 0.6) is 0 Å². The number of hydrogen-bond acceptors (Lipinski definition) is 4. The van der Waals surface area contributed by atoms with Gasteiger partial charge < -0.3 is 20.9 Å². The lowest BCUT2D eigenvalue weighted by Gasteiger charge is -2.43. The van der Waals surface area contributed by atoms with Crippen molar-refractivity contribution >= 4 is 0 Å². The molecule has 0 amide bonds. The fourth-order valence-electron chi connectivity index (χ4n) is 2.85. The molecule has 0 spiro atoms. The fourth-order valence-corrected chi connectivity index (χ4v) is 2.85. The third kappa shape index (κ3) is 4.21. The Labute approximate surface area is 105 Å². The van der Waals surface area contributed by atoms with Gasteiger partial charge >= 0.3 is 0 Å². The van der Waals surface area contributed by atoms with Crippen molar-refractivity contribution in [2.75, 3.05) is 20.3 Å². The normalized spacial score (nSPS) is 31.4. The molecule has 0 saturated heterocycles. The molecule has 1 fully saturated rings. The van der Waals surface area contributed by atoms with Crippen molar-refractivity contribution in [2.24, 2.45) is 5.73 Å². The van der Waals surface area contributed by atoms with Gasteiger partial charge in [0.05, 0.1) is 6.10 Å². The Balaban J connectivity index is 2.60. The molecule has 0 heterocycles. The van der Waals surface area contributed by atoms with Gasteiger partial charge in [-0.1, -0.05) is 6.92 Å². The molecular weight excluding hydrogens is 216 g/mol. The van der Waals surface area contributed by atoms with Gasteiger partial charge in [-0.3, -0.25) is 0 Å². The van der Waals surface area contributed by atoms with Crippen molar-refractivity contribution in [1.29, 1.82) is 0 Å². The number of rotatable bonds is 7. The van der Waals surface area contributed by atoms with Crippen molar-refractivity contribution in [3.8, 4) is 0 Å². The van der Waals surface area contributed by atoms with Crippen molar-refractivity contribution in [1.82, 2.24) is 5.32 Å². The van der Waals surface area contributed by atoms with E-state index in [4.69, 9.17) is 15.6 Å². The molecule has 1 aliphatic carbocycles. The summed E-state index contributed by atoms with van der Waals surface area (Å²) in [6, 6.07) is 0.360. The SMILES string of the molecule is CCC(CCO)NC1(CN)CCCC(OC)C1. The van der Waals surface area contributed by atoms with Crippen LogP contribution in [0.1, 0.15) is 45.4 Å². The molecule has 1 rings (SSSR count). The lowest BCUT2D eigenvalue weighted by atomic mass is 9.79. The van der Waals surface area contributed by atoms with Crippen molar-refractivity contribution < 1.29 is 9.84 Å². The van der Waals surface area contributed by atoms with E-state index in [1.807, 2.05) is 0 Å². The maximum atomic E-state index is 9.06. The molecule has 102 valence electrons. The number of aliphatic hydroxyl groups excluding tert-OH is 1. The maximum absolute atomic E-state index is 9.06. The summed E-state index contributed by atoms with van der Waals surface area (Å²) in [6.07, 6.45) is 6.56. The highest BCUT2D eigenvalue weighted by atomic mass is 16.5. The van der Waals surface area contributed by atoms with E-state index in [9.17, 15) is 0 Å². The first kappa shape index (κ1) is 14.9. The smallest absolute Gasteiger partial charge is 0.0589 e. The van der Waals surface area contributed by atoms with Gasteiger partial charge in [-0.25, -0.2) is 0 Å². The summed E-state index contributed by atoms with van der Waals surface area (Å²) in [5.41, 5.74) is 5.98. The fraction of sp³-hybridized carbons (Fsp3) is 1.00. The van der Waals surface area contributed by atoms with Crippen molar-refractivity contribution in [2.45, 2.75) is 63.1 Å². The minimum atomic E-state index is 0.00870. The van der Waals surface area contributed by atoms with E-state index >= 15 is 0 Å². The van der Waals surface area contributed by atoms with Gasteiger partial charge in [0, 0.05) is 31.8 Å². The molecule has 1 aliphatic rings. The van der Waals surface area contributed by atoms with Crippen LogP contribution in [0.15, 0.2) is 0 Å². The average Bonchev–Trinajstić information content (AvgIpc) is 2.38. The lowest BCUT2D eigenvalue weighted by molar-refractivity contribution is 0.0279. The second kappa shape index (κ2) is 7.31. The van der Waals surface area contributed by atoms with E-state index in [0.717, 1.165) is 38.5 Å². The number of nitrogens with two attached hydrogens (primary N) is 1. The Hall–Kier alpha value is -0.160. The highest BCUT2D eigenvalue weighted by Crippen LogP contribution is 2.30. The molecule has 4 heteroatoms. The van der Waals surface area contributed by atoms with Crippen LogP contribution in [0, 0.1) is 0 Å². The van der Waals surface area contributed by atoms with E-state index in [0.29, 0.717) is 18.7 Å². The summed E-state index contributed by atoms with van der Waals surface area (Å²) in [5, 5.41) is 12.7. The quantitative estimate of drug-likeness (QED) is 0.625. The molecule has 1 saturated carbocycles. The molecule has 4 N–H and O–H groups in total. The standard InChI is InChI=1S/C13H28N2O2/c1-3-11(6-8-16)15-13(10-14)7-4-5-12(9-13)17-2/h11-12,15-16H,3-10,14H2,1-2H3. The zero-order chi connectivity index (χ0) is 12.7. The first-order chi connectivity index (χ1) is 8.19. The largest absolute Gasteiger partial charge is 0.396 e. The third-order valence-electron chi connectivity index (χ3n) is 4.00. The highest BCUT2D eigenvalue weighted by molar-refractivity contribution is 4.96. The first-order valence-electron chi connectivity index (χ1n) is 6.81. The molecule has 3 atom stereocenters. The van der Waals surface area contributed by atoms with Gasteiger partial charge in [0.2, 0.25) is 0 Å². The second-order valence-electron chi connectivity index (χ2n) is 5.20. The topological polar surface area (TPSA) is 67.5 Å². The molecule has 0 aromatic heterocycles. The molecule has 3 unspecified atom stereocenters. The van der Waals surface area contributed by atoms with Crippen molar-refractivity contribution in [3.63, 3.8) is 0 Å². The Kier molecular flexibility index (Phi) is 6.41. The van der Waals surface area contributed by atoms with Gasteiger partial charge in [0.15, 0.2) is 0 Å². The monoisotopic (exact) mass is 244 g/mol. The van der Waals surface area contributed by atoms with Crippen LogP contribution in [0.2, 0.25) is 0 Å². The minimum absolute atomic E-state index is 0.00870. The minimum Gasteiger partial charge on any atom is -0.396 e. The average molecular weight is 244 g/mol. The molecule has 0 radical (unpaired) electrons. The Morgan fingerprint density at radius 2 is 2.35 bits per heavy atom. The second-order valence-corrected chi connectivity index (χ2v) is 5.20. The molecule has 4 nitrogen and oxygen atoms in total. The Bertz CT molecular complexity index is 214. The van der Waals surface area contributed by atoms with Crippen LogP contribution < -0.4 is 11.1 Å². The predicted octanol–water partition coefficient (Wildman–Crippen LogP) is 1.02. The summed E-state index contributed by atoms with van der Waals surface area (Å²) >= 11 is 0. The number of hydrogen-bond donors (Lipinski definition) is 3. The highest BCUT2D eigenvalue weighted by Gasteiger charge is 2.36. The van der Waals surface area contributed by atoms with Gasteiger partial charge in [-0.15, -0.1) is 0 Å². The van der Waals surface area contributed by atoms with E-state index in [1.54, 1.807) is 7.11 Å². The third-order valence-corrected chi connectivity index (χ3v) is 4.00. The van der Waals surface area contributed by atoms with E-state index in [2.05, 4.69) is 12.2 Å². The zero-order valence-corrected chi connectivity index (χ0v) is 11.2. The molecule has 0 aromatic carbocycles. The van der Waals surface area contributed by atoms with Gasteiger partial charge in [0.1, 0.15) is 0 Å². The molecular formula is C13H28N2O2.